The summed E-state index contributed by atoms with van der Waals surface area (Å²) in [6, 6.07) is 0. The normalized spacial score (nSPS) is 12.5. The summed E-state index contributed by atoms with van der Waals surface area (Å²) in [6.07, 6.45) is 66.3. The van der Waals surface area contributed by atoms with Gasteiger partial charge in [0, 0.05) is 19.3 Å². The molecule has 1 unspecified atom stereocenters. The van der Waals surface area contributed by atoms with E-state index in [-0.39, 0.29) is 31.1 Å². The first-order chi connectivity index (χ1) is 32.0. The van der Waals surface area contributed by atoms with Gasteiger partial charge < -0.3 is 14.2 Å². The molecule has 0 N–H and O–H groups in total. The lowest BCUT2D eigenvalue weighted by Crippen LogP contribution is -2.30. The summed E-state index contributed by atoms with van der Waals surface area (Å²) in [5, 5.41) is 0. The Balaban J connectivity index is 4.36. The molecule has 1 atom stereocenters. The predicted molar refractivity (Wildman–Crippen MR) is 279 cm³/mol. The second-order valence-electron chi connectivity index (χ2n) is 18.5. The van der Waals surface area contributed by atoms with Gasteiger partial charge in [0.25, 0.3) is 0 Å². The van der Waals surface area contributed by atoms with Gasteiger partial charge in [-0.15, -0.1) is 0 Å². The third kappa shape index (κ3) is 51.9. The molecule has 0 heterocycles. The molecule has 0 aliphatic heterocycles. The fourth-order valence-electron chi connectivity index (χ4n) is 7.80. The Morgan fingerprint density at radius 2 is 0.600 bits per heavy atom. The van der Waals surface area contributed by atoms with Gasteiger partial charge in [-0.2, -0.15) is 0 Å². The summed E-state index contributed by atoms with van der Waals surface area (Å²) in [4.78, 5) is 38.1. The SMILES string of the molecule is CC/C=C\C/C=C\C/C=C\CCCCCCCCCCCC(=O)OCC(COC(=O)CCCCCCC/C=C\CCCCC)OC(=O)CCCCCCC/C=C\CCCCCCCCC. The van der Waals surface area contributed by atoms with Crippen LogP contribution in [0.1, 0.15) is 278 Å². The topological polar surface area (TPSA) is 78.9 Å². The van der Waals surface area contributed by atoms with Crippen molar-refractivity contribution in [3.05, 3.63) is 60.8 Å². The molecular formula is C59H104O6. The van der Waals surface area contributed by atoms with Crippen molar-refractivity contribution in [2.24, 2.45) is 0 Å². The number of ether oxygens (including phenoxy) is 3. The maximum atomic E-state index is 12.8. The molecular weight excluding hydrogens is 805 g/mol. The summed E-state index contributed by atoms with van der Waals surface area (Å²) >= 11 is 0. The van der Waals surface area contributed by atoms with Crippen molar-refractivity contribution in [1.82, 2.24) is 0 Å². The molecule has 0 spiro atoms. The van der Waals surface area contributed by atoms with Crippen LogP contribution in [0.2, 0.25) is 0 Å². The van der Waals surface area contributed by atoms with E-state index < -0.39 is 6.10 Å². The Morgan fingerprint density at radius 3 is 0.985 bits per heavy atom. The molecule has 0 saturated heterocycles. The largest absolute Gasteiger partial charge is 0.462 e. The van der Waals surface area contributed by atoms with Gasteiger partial charge in [0.15, 0.2) is 6.10 Å². The number of allylic oxidation sites excluding steroid dienone is 10. The first-order valence-corrected chi connectivity index (χ1v) is 27.8. The van der Waals surface area contributed by atoms with E-state index in [9.17, 15) is 14.4 Å². The quantitative estimate of drug-likeness (QED) is 0.0262. The zero-order valence-electron chi connectivity index (χ0n) is 43.0. The first-order valence-electron chi connectivity index (χ1n) is 27.8. The molecule has 6 heteroatoms. The predicted octanol–water partition coefficient (Wildman–Crippen LogP) is 18.4. The highest BCUT2D eigenvalue weighted by Crippen LogP contribution is 2.15. The van der Waals surface area contributed by atoms with Gasteiger partial charge in [-0.25, -0.2) is 0 Å². The summed E-state index contributed by atoms with van der Waals surface area (Å²) < 4.78 is 16.8. The minimum absolute atomic E-state index is 0.0822. The van der Waals surface area contributed by atoms with Gasteiger partial charge in [0.1, 0.15) is 13.2 Å². The molecule has 376 valence electrons. The highest BCUT2D eigenvalue weighted by atomic mass is 16.6. The van der Waals surface area contributed by atoms with E-state index in [1.807, 2.05) is 0 Å². The van der Waals surface area contributed by atoms with E-state index in [1.165, 1.54) is 141 Å². The van der Waals surface area contributed by atoms with Crippen molar-refractivity contribution in [2.45, 2.75) is 284 Å². The minimum atomic E-state index is -0.783. The number of hydrogen-bond donors (Lipinski definition) is 0. The second kappa shape index (κ2) is 53.7. The third-order valence-electron chi connectivity index (χ3n) is 12.0. The number of unbranched alkanes of at least 4 members (excludes halogenated alkanes) is 29. The molecule has 0 bridgehead atoms. The molecule has 0 aromatic carbocycles. The summed E-state index contributed by atoms with van der Waals surface area (Å²) in [6.45, 7) is 6.50. The maximum Gasteiger partial charge on any atom is 0.306 e. The van der Waals surface area contributed by atoms with E-state index in [0.717, 1.165) is 96.3 Å². The van der Waals surface area contributed by atoms with Crippen molar-refractivity contribution >= 4 is 17.9 Å². The van der Waals surface area contributed by atoms with Crippen LogP contribution in [0.4, 0.5) is 0 Å². The van der Waals surface area contributed by atoms with E-state index in [4.69, 9.17) is 14.2 Å². The number of carbonyl (C=O) groups excluding carboxylic acids is 3. The number of hydrogen-bond acceptors (Lipinski definition) is 6. The Labute approximate surface area is 402 Å². The van der Waals surface area contributed by atoms with Crippen LogP contribution in [0.15, 0.2) is 60.8 Å². The van der Waals surface area contributed by atoms with E-state index >= 15 is 0 Å². The van der Waals surface area contributed by atoms with E-state index in [0.29, 0.717) is 19.3 Å². The second-order valence-corrected chi connectivity index (χ2v) is 18.5. The van der Waals surface area contributed by atoms with Crippen LogP contribution in [0.25, 0.3) is 0 Å². The molecule has 0 aromatic rings. The van der Waals surface area contributed by atoms with Crippen LogP contribution in [0.3, 0.4) is 0 Å². The molecule has 0 aliphatic rings. The molecule has 0 aliphatic carbocycles. The molecule has 0 rings (SSSR count). The molecule has 0 fully saturated rings. The molecule has 0 aromatic heterocycles. The number of rotatable bonds is 50. The van der Waals surface area contributed by atoms with Crippen molar-refractivity contribution in [2.75, 3.05) is 13.2 Å². The fraction of sp³-hybridized carbons (Fsp3) is 0.780. The summed E-state index contributed by atoms with van der Waals surface area (Å²) in [5.74, 6) is -0.897. The Bertz CT molecular complexity index is 1180. The van der Waals surface area contributed by atoms with Crippen LogP contribution in [0.5, 0.6) is 0 Å². The molecule has 0 saturated carbocycles. The highest BCUT2D eigenvalue weighted by molar-refractivity contribution is 5.71. The molecule has 65 heavy (non-hydrogen) atoms. The monoisotopic (exact) mass is 909 g/mol. The minimum Gasteiger partial charge on any atom is -0.462 e. The van der Waals surface area contributed by atoms with Crippen molar-refractivity contribution in [1.29, 1.82) is 0 Å². The third-order valence-corrected chi connectivity index (χ3v) is 12.0. The highest BCUT2D eigenvalue weighted by Gasteiger charge is 2.19. The maximum absolute atomic E-state index is 12.8. The van der Waals surface area contributed by atoms with Crippen LogP contribution in [0, 0.1) is 0 Å². The lowest BCUT2D eigenvalue weighted by Gasteiger charge is -2.18. The van der Waals surface area contributed by atoms with Crippen LogP contribution in [-0.2, 0) is 28.6 Å². The van der Waals surface area contributed by atoms with Crippen LogP contribution >= 0.6 is 0 Å². The molecule has 6 nitrogen and oxygen atoms in total. The summed E-state index contributed by atoms with van der Waals surface area (Å²) in [7, 11) is 0. The number of esters is 3. The lowest BCUT2D eigenvalue weighted by atomic mass is 10.1. The van der Waals surface area contributed by atoms with Crippen molar-refractivity contribution in [3.8, 4) is 0 Å². The van der Waals surface area contributed by atoms with Gasteiger partial charge in [-0.05, 0) is 103 Å². The van der Waals surface area contributed by atoms with E-state index in [1.54, 1.807) is 0 Å². The van der Waals surface area contributed by atoms with Gasteiger partial charge in [-0.1, -0.05) is 216 Å². The standard InChI is InChI=1S/C59H104O6/c1-4-7-10-13-16-19-22-25-27-29-30-31-33-34-37-40-43-46-49-52-58(61)64-55-56(54-63-57(60)51-48-45-42-39-36-24-21-18-15-12-9-6-3)65-59(62)53-50-47-44-41-38-35-32-28-26-23-20-17-14-11-8-5-2/h7,10,16,18-19,21,25,27-28,32,56H,4-6,8-9,11-15,17,20,22-24,26,29-31,33-55H2,1-3H3/b10-7-,19-16-,21-18-,27-25-,32-28-. The van der Waals surface area contributed by atoms with Crippen LogP contribution < -0.4 is 0 Å². The van der Waals surface area contributed by atoms with Gasteiger partial charge in [-0.3, -0.25) is 14.4 Å². The fourth-order valence-corrected chi connectivity index (χ4v) is 7.80. The van der Waals surface area contributed by atoms with Gasteiger partial charge >= 0.3 is 17.9 Å². The average Bonchev–Trinajstić information content (AvgIpc) is 3.30. The Kier molecular flexibility index (Phi) is 51.3. The van der Waals surface area contributed by atoms with Gasteiger partial charge in [0.05, 0.1) is 0 Å². The number of carbonyl (C=O) groups is 3. The van der Waals surface area contributed by atoms with Crippen LogP contribution in [-0.4, -0.2) is 37.2 Å². The molecule has 0 amide bonds. The van der Waals surface area contributed by atoms with Crippen molar-refractivity contribution < 1.29 is 28.6 Å². The smallest absolute Gasteiger partial charge is 0.306 e. The zero-order valence-corrected chi connectivity index (χ0v) is 43.0. The van der Waals surface area contributed by atoms with E-state index in [2.05, 4.69) is 81.5 Å². The lowest BCUT2D eigenvalue weighted by molar-refractivity contribution is -0.167. The van der Waals surface area contributed by atoms with Crippen molar-refractivity contribution in [3.63, 3.8) is 0 Å². The summed E-state index contributed by atoms with van der Waals surface area (Å²) in [5.41, 5.74) is 0. The first kappa shape index (κ1) is 62.1. The average molecular weight is 909 g/mol. The Hall–Kier alpha value is -2.89. The zero-order chi connectivity index (χ0) is 47.2. The Morgan fingerprint density at radius 1 is 0.323 bits per heavy atom. The van der Waals surface area contributed by atoms with Gasteiger partial charge in [0.2, 0.25) is 0 Å². The molecule has 0 radical (unpaired) electrons.